The molecule has 5 heteroatoms. The molecule has 1 aliphatic heterocycles. The molecule has 121 valence electrons. The maximum atomic E-state index is 6.24. The molecule has 0 N–H and O–H groups in total. The van der Waals surface area contributed by atoms with Crippen LogP contribution in [0.5, 0.6) is 5.75 Å². The molecule has 2 aromatic rings. The minimum absolute atomic E-state index is 0.363. The summed E-state index contributed by atoms with van der Waals surface area (Å²) in [5, 5.41) is 5.34. The highest BCUT2D eigenvalue weighted by Gasteiger charge is 2.20. The smallest absolute Gasteiger partial charge is 0.118 e. The minimum Gasteiger partial charge on any atom is -0.497 e. The van der Waals surface area contributed by atoms with Gasteiger partial charge in [-0.05, 0) is 49.4 Å². The third-order valence-electron chi connectivity index (χ3n) is 3.84. The van der Waals surface area contributed by atoms with Gasteiger partial charge in [0.25, 0.3) is 0 Å². The fourth-order valence-electron chi connectivity index (χ4n) is 2.68. The van der Waals surface area contributed by atoms with Crippen molar-refractivity contribution in [1.29, 1.82) is 0 Å². The molecule has 1 heterocycles. The highest BCUT2D eigenvalue weighted by Crippen LogP contribution is 2.38. The highest BCUT2D eigenvalue weighted by atomic mass is 35.5. The van der Waals surface area contributed by atoms with Crippen LogP contribution >= 0.6 is 23.4 Å². The molecule has 0 bridgehead atoms. The van der Waals surface area contributed by atoms with Crippen molar-refractivity contribution < 1.29 is 4.74 Å². The van der Waals surface area contributed by atoms with E-state index < -0.39 is 0 Å². The number of hydrogen-bond acceptors (Lipinski definition) is 3. The molecule has 0 aromatic heterocycles. The van der Waals surface area contributed by atoms with Gasteiger partial charge in [-0.2, -0.15) is 0 Å². The number of ether oxygens (including phenoxy) is 1. The van der Waals surface area contributed by atoms with Crippen LogP contribution in [0.25, 0.3) is 0 Å². The third-order valence-corrected chi connectivity index (χ3v) is 5.15. The minimum atomic E-state index is 0.363. The van der Waals surface area contributed by atoms with E-state index in [0.717, 1.165) is 30.4 Å². The van der Waals surface area contributed by atoms with E-state index in [4.69, 9.17) is 16.3 Å². The van der Waals surface area contributed by atoms with E-state index >= 15 is 0 Å². The maximum absolute atomic E-state index is 6.24. The fraction of sp³-hybridized carbons (Fsp3) is 0.333. The van der Waals surface area contributed by atoms with E-state index in [1.807, 2.05) is 18.2 Å². The normalized spacial score (nSPS) is 18.0. The van der Waals surface area contributed by atoms with Crippen molar-refractivity contribution in [1.82, 2.24) is 5.32 Å². The first-order valence-electron chi connectivity index (χ1n) is 7.69. The van der Waals surface area contributed by atoms with Crippen LogP contribution in [0, 0.1) is 0 Å². The van der Waals surface area contributed by atoms with Crippen LogP contribution in [-0.4, -0.2) is 32.8 Å². The largest absolute Gasteiger partial charge is 0.497 e. The first-order chi connectivity index (χ1) is 11.2. The number of rotatable bonds is 4. The second kappa shape index (κ2) is 7.47. The van der Waals surface area contributed by atoms with Crippen LogP contribution in [0.1, 0.15) is 6.92 Å². The Morgan fingerprint density at radius 2 is 2.00 bits per heavy atom. The molecule has 1 aliphatic rings. The Morgan fingerprint density at radius 1 is 1.22 bits per heavy atom. The van der Waals surface area contributed by atoms with Gasteiger partial charge in [0.2, 0.25) is 0 Å². The fourth-order valence-corrected chi connectivity index (χ4v) is 3.80. The van der Waals surface area contributed by atoms with Gasteiger partial charge < -0.3 is 9.64 Å². The summed E-state index contributed by atoms with van der Waals surface area (Å²) in [4.78, 5) is 4.79. The lowest BCUT2D eigenvalue weighted by atomic mass is 10.2. The first kappa shape index (κ1) is 16.5. The molecule has 1 saturated heterocycles. The van der Waals surface area contributed by atoms with Gasteiger partial charge in [-0.3, -0.25) is 0 Å². The predicted octanol–water partition coefficient (Wildman–Crippen LogP) is 4.31. The molecule has 1 radical (unpaired) electrons. The van der Waals surface area contributed by atoms with Gasteiger partial charge in [0.15, 0.2) is 0 Å². The van der Waals surface area contributed by atoms with Crippen molar-refractivity contribution in [3.05, 3.63) is 47.5 Å². The number of hydrogen-bond donors (Lipinski definition) is 0. The summed E-state index contributed by atoms with van der Waals surface area (Å²) >= 11 is 7.99. The monoisotopic (exact) mass is 347 g/mol. The number of halogens is 1. The zero-order chi connectivity index (χ0) is 16.2. The number of anilines is 1. The average molecular weight is 348 g/mol. The average Bonchev–Trinajstić information content (AvgIpc) is 2.57. The SMILES string of the molecule is COc1ccc(Sc2ccc(Cl)cc2N2CC[N][C@H](C)C2)cc1. The lowest BCUT2D eigenvalue weighted by Crippen LogP contribution is -2.45. The summed E-state index contributed by atoms with van der Waals surface area (Å²) in [7, 11) is 1.68. The Morgan fingerprint density at radius 3 is 2.70 bits per heavy atom. The molecule has 0 spiro atoms. The Hall–Kier alpha value is -1.36. The maximum Gasteiger partial charge on any atom is 0.118 e. The summed E-state index contributed by atoms with van der Waals surface area (Å²) in [6.45, 7) is 4.92. The Labute approximate surface area is 147 Å². The van der Waals surface area contributed by atoms with E-state index in [1.165, 1.54) is 15.5 Å². The molecule has 0 amide bonds. The van der Waals surface area contributed by atoms with E-state index in [0.29, 0.717) is 6.04 Å². The Kier molecular flexibility index (Phi) is 5.36. The molecule has 3 rings (SSSR count). The standard InChI is InChI=1S/C18H20ClN2OS/c1-13-12-21(10-9-20-13)17-11-14(19)3-8-18(17)23-16-6-4-15(22-2)5-7-16/h3-8,11,13H,9-10,12H2,1-2H3/t13-/m1/s1. The van der Waals surface area contributed by atoms with Gasteiger partial charge in [0.1, 0.15) is 5.75 Å². The van der Waals surface area contributed by atoms with Gasteiger partial charge in [-0.1, -0.05) is 23.4 Å². The topological polar surface area (TPSA) is 26.6 Å². The molecule has 1 fully saturated rings. The molecular weight excluding hydrogens is 328 g/mol. The summed E-state index contributed by atoms with van der Waals surface area (Å²) in [6.07, 6.45) is 0. The summed E-state index contributed by atoms with van der Waals surface area (Å²) in [5.74, 6) is 0.872. The summed E-state index contributed by atoms with van der Waals surface area (Å²) < 4.78 is 5.22. The zero-order valence-electron chi connectivity index (χ0n) is 13.3. The number of methoxy groups -OCH3 is 1. The van der Waals surface area contributed by atoms with Gasteiger partial charge in [-0.15, -0.1) is 0 Å². The Bertz CT molecular complexity index is 663. The van der Waals surface area contributed by atoms with Crippen LogP contribution in [0.15, 0.2) is 52.3 Å². The van der Waals surface area contributed by atoms with E-state index in [-0.39, 0.29) is 0 Å². The second-order valence-corrected chi connectivity index (χ2v) is 7.14. The Balaban J connectivity index is 1.85. The van der Waals surface area contributed by atoms with E-state index in [9.17, 15) is 0 Å². The molecule has 0 unspecified atom stereocenters. The van der Waals surface area contributed by atoms with Crippen LogP contribution < -0.4 is 15.0 Å². The van der Waals surface area contributed by atoms with Crippen molar-refractivity contribution in [2.24, 2.45) is 0 Å². The van der Waals surface area contributed by atoms with Crippen molar-refractivity contribution >= 4 is 29.1 Å². The predicted molar refractivity (Wildman–Crippen MR) is 97.2 cm³/mol. The molecule has 23 heavy (non-hydrogen) atoms. The van der Waals surface area contributed by atoms with Crippen LogP contribution in [0.4, 0.5) is 5.69 Å². The van der Waals surface area contributed by atoms with Crippen LogP contribution in [0.3, 0.4) is 0 Å². The van der Waals surface area contributed by atoms with Crippen molar-refractivity contribution in [2.75, 3.05) is 31.6 Å². The lowest BCUT2D eigenvalue weighted by molar-refractivity contribution is 0.414. The number of benzene rings is 2. The molecule has 3 nitrogen and oxygen atoms in total. The zero-order valence-corrected chi connectivity index (χ0v) is 14.9. The summed E-state index contributed by atoms with van der Waals surface area (Å²) in [6, 6.07) is 14.6. The lowest BCUT2D eigenvalue weighted by Gasteiger charge is -2.33. The van der Waals surface area contributed by atoms with Crippen LogP contribution in [0.2, 0.25) is 5.02 Å². The first-order valence-corrected chi connectivity index (χ1v) is 8.88. The van der Waals surface area contributed by atoms with Gasteiger partial charge in [0.05, 0.1) is 12.8 Å². The van der Waals surface area contributed by atoms with E-state index in [2.05, 4.69) is 41.4 Å². The molecular formula is C18H20ClN2OS. The molecule has 0 saturated carbocycles. The van der Waals surface area contributed by atoms with Gasteiger partial charge in [0, 0.05) is 40.5 Å². The highest BCUT2D eigenvalue weighted by molar-refractivity contribution is 7.99. The molecule has 2 aromatic carbocycles. The molecule has 1 atom stereocenters. The molecule has 0 aliphatic carbocycles. The van der Waals surface area contributed by atoms with Crippen molar-refractivity contribution in [3.8, 4) is 5.75 Å². The second-order valence-electron chi connectivity index (χ2n) is 5.59. The van der Waals surface area contributed by atoms with Gasteiger partial charge in [-0.25, -0.2) is 5.32 Å². The van der Waals surface area contributed by atoms with Crippen LogP contribution in [-0.2, 0) is 0 Å². The summed E-state index contributed by atoms with van der Waals surface area (Å²) in [5.41, 5.74) is 1.19. The van der Waals surface area contributed by atoms with Gasteiger partial charge >= 0.3 is 0 Å². The number of nitrogens with zero attached hydrogens (tertiary/aromatic N) is 2. The van der Waals surface area contributed by atoms with Crippen molar-refractivity contribution in [3.63, 3.8) is 0 Å². The van der Waals surface area contributed by atoms with E-state index in [1.54, 1.807) is 18.9 Å². The van der Waals surface area contributed by atoms with Crippen molar-refractivity contribution in [2.45, 2.75) is 22.8 Å². The third kappa shape index (κ3) is 4.14. The quantitative estimate of drug-likeness (QED) is 0.824. The number of piperazine rings is 1.